The Balaban J connectivity index is 5.54. The van der Waals surface area contributed by atoms with Crippen molar-refractivity contribution in [2.45, 2.75) is 63.7 Å². The van der Waals surface area contributed by atoms with E-state index in [0.717, 1.165) is 0 Å². The van der Waals surface area contributed by atoms with Gasteiger partial charge in [0, 0.05) is 6.42 Å². The van der Waals surface area contributed by atoms with Crippen LogP contribution in [0.2, 0.25) is 0 Å². The van der Waals surface area contributed by atoms with Crippen molar-refractivity contribution >= 4 is 35.6 Å². The van der Waals surface area contributed by atoms with Crippen LogP contribution in [0.5, 0.6) is 0 Å². The van der Waals surface area contributed by atoms with Crippen LogP contribution in [0.3, 0.4) is 0 Å². The molecule has 0 aromatic carbocycles. The van der Waals surface area contributed by atoms with Gasteiger partial charge in [-0.3, -0.25) is 24.0 Å². The van der Waals surface area contributed by atoms with Crippen molar-refractivity contribution in [3.05, 3.63) is 0 Å². The average molecular weight is 462 g/mol. The summed E-state index contributed by atoms with van der Waals surface area (Å²) in [6.07, 6.45) is -1.40. The fraction of sp³-hybridized carbons (Fsp3) is 0.667. The van der Waals surface area contributed by atoms with Crippen LogP contribution in [-0.2, 0) is 28.8 Å². The van der Waals surface area contributed by atoms with E-state index >= 15 is 0 Å². The molecule has 3 amide bonds. The molecule has 0 aromatic heterocycles. The Morgan fingerprint density at radius 1 is 0.844 bits per heavy atom. The van der Waals surface area contributed by atoms with Gasteiger partial charge in [0.25, 0.3) is 0 Å². The maximum atomic E-state index is 12.7. The summed E-state index contributed by atoms with van der Waals surface area (Å²) < 4.78 is 0. The third kappa shape index (κ3) is 10.2. The first kappa shape index (κ1) is 28.7. The van der Waals surface area contributed by atoms with E-state index in [9.17, 15) is 33.9 Å². The van der Waals surface area contributed by atoms with Crippen molar-refractivity contribution in [3.8, 4) is 0 Å². The lowest BCUT2D eigenvalue weighted by Crippen LogP contribution is -2.59. The van der Waals surface area contributed by atoms with Crippen LogP contribution in [0.15, 0.2) is 0 Å². The van der Waals surface area contributed by atoms with Gasteiger partial charge in [0.15, 0.2) is 0 Å². The van der Waals surface area contributed by atoms with Crippen LogP contribution < -0.4 is 21.7 Å². The fourth-order valence-electron chi connectivity index (χ4n) is 2.49. The molecule has 0 fully saturated rings. The van der Waals surface area contributed by atoms with E-state index in [1.807, 2.05) is 0 Å². The smallest absolute Gasteiger partial charge is 0.326 e. The lowest BCUT2D eigenvalue weighted by atomic mass is 9.97. The number of aliphatic carboxylic acids is 3. The Hall–Kier alpha value is -3.26. The van der Waals surface area contributed by atoms with Crippen molar-refractivity contribution in [2.24, 2.45) is 11.7 Å². The Morgan fingerprint density at radius 3 is 1.84 bits per heavy atom. The van der Waals surface area contributed by atoms with Gasteiger partial charge in [0.2, 0.25) is 17.7 Å². The van der Waals surface area contributed by atoms with Crippen LogP contribution in [-0.4, -0.2) is 86.8 Å². The van der Waals surface area contributed by atoms with E-state index < -0.39 is 91.6 Å². The summed E-state index contributed by atoms with van der Waals surface area (Å²) in [5.74, 6) is -7.64. The molecule has 14 heteroatoms. The van der Waals surface area contributed by atoms with Crippen LogP contribution >= 0.6 is 0 Å². The number of rotatable bonds is 15. The number of aliphatic hydroxyl groups excluding tert-OH is 1. The van der Waals surface area contributed by atoms with Crippen molar-refractivity contribution in [1.82, 2.24) is 16.0 Å². The first-order chi connectivity index (χ1) is 14.8. The third-order valence-corrected chi connectivity index (χ3v) is 4.60. The quantitative estimate of drug-likeness (QED) is 0.124. The number of carboxylic acid groups (broad SMARTS) is 3. The highest BCUT2D eigenvalue weighted by Gasteiger charge is 2.33. The molecular formula is C18H30N4O10. The number of hydrogen-bond donors (Lipinski definition) is 8. The molecule has 5 unspecified atom stereocenters. The van der Waals surface area contributed by atoms with Gasteiger partial charge >= 0.3 is 17.9 Å². The Kier molecular flexibility index (Phi) is 12.5. The standard InChI is InChI=1S/C18H30N4O10/c1-3-8(2)14(17(30)20-10(18(31)32)4-5-12(24)25)22-16(29)11(6-13(26)27)21-15(28)9(19)7-23/h8-11,14,23H,3-7,19H2,1-2H3,(H,20,30)(H,21,28)(H,22,29)(H,24,25)(H,26,27)(H,31,32). The van der Waals surface area contributed by atoms with Crippen molar-refractivity contribution in [2.75, 3.05) is 6.61 Å². The zero-order valence-corrected chi connectivity index (χ0v) is 17.7. The van der Waals surface area contributed by atoms with E-state index in [2.05, 4.69) is 16.0 Å². The Bertz CT molecular complexity index is 714. The third-order valence-electron chi connectivity index (χ3n) is 4.60. The summed E-state index contributed by atoms with van der Waals surface area (Å²) in [4.78, 5) is 70.3. The van der Waals surface area contributed by atoms with E-state index in [0.29, 0.717) is 6.42 Å². The molecule has 0 radical (unpaired) electrons. The van der Waals surface area contributed by atoms with Crippen molar-refractivity contribution in [1.29, 1.82) is 0 Å². The number of nitrogens with two attached hydrogens (primary N) is 1. The molecule has 14 nitrogen and oxygen atoms in total. The fourth-order valence-corrected chi connectivity index (χ4v) is 2.49. The summed E-state index contributed by atoms with van der Waals surface area (Å²) in [7, 11) is 0. The summed E-state index contributed by atoms with van der Waals surface area (Å²) in [6, 6.07) is -5.87. The van der Waals surface area contributed by atoms with Crippen LogP contribution in [0.25, 0.3) is 0 Å². The number of hydrogen-bond acceptors (Lipinski definition) is 8. The van der Waals surface area contributed by atoms with Gasteiger partial charge in [-0.05, 0) is 12.3 Å². The second-order valence-electron chi connectivity index (χ2n) is 7.15. The molecule has 0 rings (SSSR count). The van der Waals surface area contributed by atoms with Crippen molar-refractivity contribution < 1.29 is 49.2 Å². The topological polar surface area (TPSA) is 245 Å². The number of carbonyl (C=O) groups excluding carboxylic acids is 3. The van der Waals surface area contributed by atoms with E-state index in [1.54, 1.807) is 13.8 Å². The molecule has 0 saturated heterocycles. The summed E-state index contributed by atoms with van der Waals surface area (Å²) in [5, 5.41) is 42.4. The van der Waals surface area contributed by atoms with Crippen LogP contribution in [0.1, 0.15) is 39.5 Å². The molecule has 182 valence electrons. The maximum absolute atomic E-state index is 12.7. The van der Waals surface area contributed by atoms with Gasteiger partial charge < -0.3 is 42.1 Å². The lowest BCUT2D eigenvalue weighted by molar-refractivity contribution is -0.144. The molecular weight excluding hydrogens is 432 g/mol. The van der Waals surface area contributed by atoms with Gasteiger partial charge in [-0.25, -0.2) is 4.79 Å². The van der Waals surface area contributed by atoms with Crippen LogP contribution in [0, 0.1) is 5.92 Å². The number of aliphatic hydroxyl groups is 1. The van der Waals surface area contributed by atoms with Gasteiger partial charge in [-0.15, -0.1) is 0 Å². The lowest BCUT2D eigenvalue weighted by Gasteiger charge is -2.27. The molecule has 0 aliphatic carbocycles. The molecule has 32 heavy (non-hydrogen) atoms. The average Bonchev–Trinajstić information content (AvgIpc) is 2.71. The van der Waals surface area contributed by atoms with E-state index in [-0.39, 0.29) is 0 Å². The van der Waals surface area contributed by atoms with E-state index in [1.165, 1.54) is 0 Å². The number of carbonyl (C=O) groups is 6. The zero-order valence-electron chi connectivity index (χ0n) is 17.7. The first-order valence-electron chi connectivity index (χ1n) is 9.77. The molecule has 0 saturated carbocycles. The predicted molar refractivity (Wildman–Crippen MR) is 107 cm³/mol. The SMILES string of the molecule is CCC(C)C(NC(=O)C(CC(=O)O)NC(=O)C(N)CO)C(=O)NC(CCC(=O)O)C(=O)O. The van der Waals surface area contributed by atoms with Gasteiger partial charge in [-0.2, -0.15) is 0 Å². The molecule has 0 spiro atoms. The number of amides is 3. The minimum absolute atomic E-state index is 0.358. The highest BCUT2D eigenvalue weighted by Crippen LogP contribution is 2.10. The predicted octanol–water partition coefficient (Wildman–Crippen LogP) is -2.77. The summed E-state index contributed by atoms with van der Waals surface area (Å²) in [5.41, 5.74) is 5.35. The van der Waals surface area contributed by atoms with Crippen LogP contribution in [0.4, 0.5) is 0 Å². The van der Waals surface area contributed by atoms with Crippen molar-refractivity contribution in [3.63, 3.8) is 0 Å². The number of nitrogens with one attached hydrogen (secondary N) is 3. The van der Waals surface area contributed by atoms with E-state index in [4.69, 9.17) is 21.1 Å². The Morgan fingerprint density at radius 2 is 1.41 bits per heavy atom. The second kappa shape index (κ2) is 13.9. The molecule has 0 aliphatic rings. The molecule has 0 aliphatic heterocycles. The molecule has 0 heterocycles. The summed E-state index contributed by atoms with van der Waals surface area (Å²) in [6.45, 7) is 2.51. The second-order valence-corrected chi connectivity index (χ2v) is 7.15. The normalized spacial score (nSPS) is 15.4. The highest BCUT2D eigenvalue weighted by molar-refractivity contribution is 5.95. The maximum Gasteiger partial charge on any atom is 0.326 e. The zero-order chi connectivity index (χ0) is 25.0. The Labute approximate surface area is 183 Å². The largest absolute Gasteiger partial charge is 0.481 e. The monoisotopic (exact) mass is 462 g/mol. The summed E-state index contributed by atoms with van der Waals surface area (Å²) >= 11 is 0. The molecule has 9 N–H and O–H groups in total. The minimum Gasteiger partial charge on any atom is -0.481 e. The van der Waals surface area contributed by atoms with Gasteiger partial charge in [0.05, 0.1) is 13.0 Å². The van der Waals surface area contributed by atoms with Gasteiger partial charge in [-0.1, -0.05) is 20.3 Å². The highest BCUT2D eigenvalue weighted by atomic mass is 16.4. The number of carboxylic acids is 3. The molecule has 0 bridgehead atoms. The van der Waals surface area contributed by atoms with Gasteiger partial charge in [0.1, 0.15) is 24.2 Å². The minimum atomic E-state index is -1.63. The molecule has 5 atom stereocenters. The first-order valence-corrected chi connectivity index (χ1v) is 9.77. The molecule has 0 aromatic rings.